The topological polar surface area (TPSA) is 71.3 Å². The predicted molar refractivity (Wildman–Crippen MR) is 112 cm³/mol. The van der Waals surface area contributed by atoms with Crippen LogP contribution in [0.2, 0.25) is 0 Å². The molecule has 2 aromatic carbocycles. The molecule has 0 spiro atoms. The highest BCUT2D eigenvalue weighted by Crippen LogP contribution is 2.29. The van der Waals surface area contributed by atoms with E-state index in [1.807, 2.05) is 52.0 Å². The van der Waals surface area contributed by atoms with E-state index in [0.29, 0.717) is 30.3 Å². The van der Waals surface area contributed by atoms with Crippen molar-refractivity contribution in [3.63, 3.8) is 0 Å². The number of amides is 1. The van der Waals surface area contributed by atoms with E-state index in [2.05, 4.69) is 5.32 Å². The van der Waals surface area contributed by atoms with Gasteiger partial charge in [0.1, 0.15) is 11.6 Å². The second-order valence-corrected chi connectivity index (χ2v) is 6.38. The molecule has 1 N–H and O–H groups in total. The van der Waals surface area contributed by atoms with E-state index in [4.69, 9.17) is 9.47 Å². The minimum atomic E-state index is -0.441. The number of carbonyl (C=O) groups is 1. The molecule has 0 aliphatic rings. The quantitative estimate of drug-likeness (QED) is 0.516. The highest BCUT2D eigenvalue weighted by molar-refractivity contribution is 6.10. The molecule has 0 bridgehead atoms. The summed E-state index contributed by atoms with van der Waals surface area (Å²) in [7, 11) is 0. The smallest absolute Gasteiger partial charge is 0.266 e. The molecule has 28 heavy (non-hydrogen) atoms. The van der Waals surface area contributed by atoms with Gasteiger partial charge in [-0.15, -0.1) is 0 Å². The molecule has 0 aliphatic carbocycles. The largest absolute Gasteiger partial charge is 0.490 e. The van der Waals surface area contributed by atoms with Crippen molar-refractivity contribution in [2.45, 2.75) is 34.1 Å². The summed E-state index contributed by atoms with van der Waals surface area (Å²) in [6.45, 7) is 8.85. The molecule has 0 atom stereocenters. The van der Waals surface area contributed by atoms with Crippen molar-refractivity contribution in [1.82, 2.24) is 0 Å². The van der Waals surface area contributed by atoms with Gasteiger partial charge in [0.05, 0.1) is 13.2 Å². The first-order valence-corrected chi connectivity index (χ1v) is 9.39. The van der Waals surface area contributed by atoms with Crippen LogP contribution in [0, 0.1) is 25.2 Å². The number of hydrogen-bond donors (Lipinski definition) is 1. The molecule has 146 valence electrons. The molecule has 0 heterocycles. The first-order valence-electron chi connectivity index (χ1n) is 9.39. The Balaban J connectivity index is 2.29. The summed E-state index contributed by atoms with van der Waals surface area (Å²) in [4.78, 5) is 12.6. The van der Waals surface area contributed by atoms with Gasteiger partial charge in [-0.1, -0.05) is 31.2 Å². The van der Waals surface area contributed by atoms with Crippen LogP contribution in [0.1, 0.15) is 37.0 Å². The number of carbonyl (C=O) groups excluding carboxylic acids is 1. The SMILES string of the molecule is CCCOc1ccc(/C=C(/C#N)C(=O)Nc2c(C)cccc2C)cc1OCC. The van der Waals surface area contributed by atoms with Crippen LogP contribution in [0.5, 0.6) is 11.5 Å². The Morgan fingerprint density at radius 3 is 2.43 bits per heavy atom. The number of aryl methyl sites for hydroxylation is 2. The fourth-order valence-corrected chi connectivity index (χ4v) is 2.72. The maximum atomic E-state index is 12.6. The van der Waals surface area contributed by atoms with Crippen molar-refractivity contribution in [2.24, 2.45) is 0 Å². The summed E-state index contributed by atoms with van der Waals surface area (Å²) in [5, 5.41) is 12.3. The molecule has 0 radical (unpaired) electrons. The number of nitriles is 1. The Bertz CT molecular complexity index is 890. The van der Waals surface area contributed by atoms with E-state index < -0.39 is 5.91 Å². The lowest BCUT2D eigenvalue weighted by atomic mass is 10.1. The average Bonchev–Trinajstić information content (AvgIpc) is 2.68. The van der Waals surface area contributed by atoms with E-state index >= 15 is 0 Å². The maximum absolute atomic E-state index is 12.6. The Labute approximate surface area is 166 Å². The summed E-state index contributed by atoms with van der Waals surface area (Å²) >= 11 is 0. The molecule has 5 nitrogen and oxygen atoms in total. The van der Waals surface area contributed by atoms with E-state index in [9.17, 15) is 10.1 Å². The maximum Gasteiger partial charge on any atom is 0.266 e. The zero-order valence-electron chi connectivity index (χ0n) is 16.8. The third kappa shape index (κ3) is 5.37. The van der Waals surface area contributed by atoms with Crippen LogP contribution in [0.4, 0.5) is 5.69 Å². The molecule has 0 aromatic heterocycles. The average molecular weight is 378 g/mol. The first-order chi connectivity index (χ1) is 13.5. The lowest BCUT2D eigenvalue weighted by Gasteiger charge is -2.13. The van der Waals surface area contributed by atoms with Crippen LogP contribution in [0.25, 0.3) is 6.08 Å². The number of nitrogens with zero attached hydrogens (tertiary/aromatic N) is 1. The Morgan fingerprint density at radius 2 is 1.82 bits per heavy atom. The number of rotatable bonds is 8. The van der Waals surface area contributed by atoms with E-state index in [1.54, 1.807) is 24.3 Å². The molecule has 2 rings (SSSR count). The third-order valence-corrected chi connectivity index (χ3v) is 4.13. The van der Waals surface area contributed by atoms with Gasteiger partial charge in [0.25, 0.3) is 5.91 Å². The van der Waals surface area contributed by atoms with Crippen molar-refractivity contribution in [1.29, 1.82) is 5.26 Å². The van der Waals surface area contributed by atoms with Gasteiger partial charge in [-0.05, 0) is 62.1 Å². The molecule has 0 fully saturated rings. The van der Waals surface area contributed by atoms with Crippen molar-refractivity contribution in [3.8, 4) is 17.6 Å². The lowest BCUT2D eigenvalue weighted by Crippen LogP contribution is -2.15. The van der Waals surface area contributed by atoms with Gasteiger partial charge in [-0.25, -0.2) is 0 Å². The molecule has 2 aromatic rings. The fourth-order valence-electron chi connectivity index (χ4n) is 2.72. The number of benzene rings is 2. The summed E-state index contributed by atoms with van der Waals surface area (Å²) < 4.78 is 11.3. The molecule has 0 aliphatic heterocycles. The van der Waals surface area contributed by atoms with E-state index in [1.165, 1.54) is 0 Å². The second-order valence-electron chi connectivity index (χ2n) is 6.38. The molecular weight excluding hydrogens is 352 g/mol. The standard InChI is InChI=1S/C23H26N2O3/c1-5-12-28-20-11-10-18(14-21(20)27-6-2)13-19(15-24)23(26)25-22-16(3)8-7-9-17(22)4/h7-11,13-14H,5-6,12H2,1-4H3,(H,25,26)/b19-13-. The zero-order valence-corrected chi connectivity index (χ0v) is 16.8. The van der Waals surface area contributed by atoms with Crippen molar-refractivity contribution >= 4 is 17.7 Å². The summed E-state index contributed by atoms with van der Waals surface area (Å²) in [5.41, 5.74) is 3.34. The van der Waals surface area contributed by atoms with Gasteiger partial charge in [-0.2, -0.15) is 5.26 Å². The number of para-hydroxylation sites is 1. The first kappa shape index (κ1) is 21.0. The number of nitrogens with one attached hydrogen (secondary N) is 1. The van der Waals surface area contributed by atoms with Crippen LogP contribution in [-0.2, 0) is 4.79 Å². The number of ether oxygens (including phenoxy) is 2. The molecule has 0 unspecified atom stereocenters. The summed E-state index contributed by atoms with van der Waals surface area (Å²) in [6, 6.07) is 13.1. The van der Waals surface area contributed by atoms with Crippen LogP contribution < -0.4 is 14.8 Å². The lowest BCUT2D eigenvalue weighted by molar-refractivity contribution is -0.112. The molecule has 5 heteroatoms. The highest BCUT2D eigenvalue weighted by Gasteiger charge is 2.13. The molecular formula is C23H26N2O3. The fraction of sp³-hybridized carbons (Fsp3) is 0.304. The van der Waals surface area contributed by atoms with Gasteiger partial charge in [0.15, 0.2) is 11.5 Å². The number of anilines is 1. The van der Waals surface area contributed by atoms with Gasteiger partial charge in [-0.3, -0.25) is 4.79 Å². The molecule has 0 saturated heterocycles. The minimum absolute atomic E-state index is 0.0207. The van der Waals surface area contributed by atoms with E-state index in [-0.39, 0.29) is 5.57 Å². The van der Waals surface area contributed by atoms with Gasteiger partial charge in [0, 0.05) is 5.69 Å². The van der Waals surface area contributed by atoms with E-state index in [0.717, 1.165) is 23.2 Å². The Hall–Kier alpha value is -3.26. The Kier molecular flexibility index (Phi) is 7.65. The summed E-state index contributed by atoms with van der Waals surface area (Å²) in [5.74, 6) is 0.806. The van der Waals surface area contributed by atoms with Crippen molar-refractivity contribution in [2.75, 3.05) is 18.5 Å². The van der Waals surface area contributed by atoms with Crippen LogP contribution >= 0.6 is 0 Å². The molecule has 0 saturated carbocycles. The Morgan fingerprint density at radius 1 is 1.11 bits per heavy atom. The van der Waals surface area contributed by atoms with Crippen LogP contribution in [-0.4, -0.2) is 19.1 Å². The second kappa shape index (κ2) is 10.2. The van der Waals surface area contributed by atoms with Gasteiger partial charge in [0.2, 0.25) is 0 Å². The molecule has 1 amide bonds. The van der Waals surface area contributed by atoms with Crippen LogP contribution in [0.15, 0.2) is 42.0 Å². The minimum Gasteiger partial charge on any atom is -0.490 e. The van der Waals surface area contributed by atoms with Gasteiger partial charge >= 0.3 is 0 Å². The van der Waals surface area contributed by atoms with Crippen LogP contribution in [0.3, 0.4) is 0 Å². The highest BCUT2D eigenvalue weighted by atomic mass is 16.5. The zero-order chi connectivity index (χ0) is 20.5. The van der Waals surface area contributed by atoms with Crippen molar-refractivity contribution < 1.29 is 14.3 Å². The van der Waals surface area contributed by atoms with Crippen molar-refractivity contribution in [3.05, 3.63) is 58.7 Å². The summed E-state index contributed by atoms with van der Waals surface area (Å²) in [6.07, 6.45) is 2.44. The predicted octanol–water partition coefficient (Wildman–Crippen LogP) is 5.04. The number of hydrogen-bond acceptors (Lipinski definition) is 4. The third-order valence-electron chi connectivity index (χ3n) is 4.13. The monoisotopic (exact) mass is 378 g/mol. The van der Waals surface area contributed by atoms with Gasteiger partial charge < -0.3 is 14.8 Å². The normalized spacial score (nSPS) is 10.9.